The zero-order valence-corrected chi connectivity index (χ0v) is 21.3. The Morgan fingerprint density at radius 2 is 1.36 bits per heavy atom. The maximum atomic E-state index is 8.47. The van der Waals surface area contributed by atoms with Gasteiger partial charge in [0, 0.05) is 6.61 Å². The van der Waals surface area contributed by atoms with Crippen molar-refractivity contribution in [3.63, 3.8) is 0 Å². The number of aliphatic hydroxyl groups is 1. The smallest absolute Gasteiger partial charge is 0.0433 e. The van der Waals surface area contributed by atoms with Gasteiger partial charge in [0.05, 0.1) is 0 Å². The summed E-state index contributed by atoms with van der Waals surface area (Å²) in [4.78, 5) is 0. The normalized spacial score (nSPS) is 9.32. The van der Waals surface area contributed by atoms with Crippen LogP contribution in [0.1, 0.15) is 12.0 Å². The van der Waals surface area contributed by atoms with E-state index in [0.717, 1.165) is 12.8 Å². The molecule has 4 aromatic rings. The van der Waals surface area contributed by atoms with E-state index in [-0.39, 0.29) is 30.2 Å². The fraction of sp³-hybridized carbons (Fsp3) is 0.217. The molecule has 0 amide bonds. The second kappa shape index (κ2) is 15.2. The summed E-state index contributed by atoms with van der Waals surface area (Å²) >= 11 is 1.74. The van der Waals surface area contributed by atoms with Crippen molar-refractivity contribution in [1.82, 2.24) is 0 Å². The zero-order chi connectivity index (χ0) is 18.8. The van der Waals surface area contributed by atoms with Crippen LogP contribution in [0.15, 0.2) is 78.9 Å². The minimum Gasteiger partial charge on any atom is -1.00 e. The first kappa shape index (κ1) is 27.3. The van der Waals surface area contributed by atoms with Crippen LogP contribution in [0.2, 0.25) is 13.1 Å². The molecular formula is C23H26Cl2OSiZr-2. The number of halogens is 2. The maximum absolute atomic E-state index is 8.47. The van der Waals surface area contributed by atoms with Gasteiger partial charge < -0.3 is 29.9 Å². The zero-order valence-electron chi connectivity index (χ0n) is 16.3. The van der Waals surface area contributed by atoms with E-state index in [0.29, 0.717) is 6.61 Å². The molecule has 0 radical (unpaired) electrons. The summed E-state index contributed by atoms with van der Waals surface area (Å²) in [5, 5.41) is 13.9. The van der Waals surface area contributed by atoms with Crippen LogP contribution in [-0.2, 0) is 29.8 Å². The van der Waals surface area contributed by atoms with Crippen LogP contribution in [0.25, 0.3) is 21.5 Å². The van der Waals surface area contributed by atoms with Gasteiger partial charge in [-0.15, -0.1) is 39.7 Å². The molecule has 148 valence electrons. The van der Waals surface area contributed by atoms with E-state index in [1.807, 2.05) is 12.1 Å². The van der Waals surface area contributed by atoms with Gasteiger partial charge in [-0.2, -0.15) is 17.7 Å². The summed E-state index contributed by atoms with van der Waals surface area (Å²) in [5.74, 6) is 0. The molecule has 0 spiro atoms. The number of hydrogen-bond donors (Lipinski definition) is 1. The van der Waals surface area contributed by atoms with Crippen molar-refractivity contribution in [3.05, 3.63) is 84.4 Å². The maximum Gasteiger partial charge on any atom is 0.0433 e. The summed E-state index contributed by atoms with van der Waals surface area (Å²) in [6, 6.07) is 27.5. The monoisotopic (exact) mass is 506 g/mol. The first-order chi connectivity index (χ1) is 12.6. The largest absolute Gasteiger partial charge is 1.00 e. The van der Waals surface area contributed by atoms with E-state index in [9.17, 15) is 0 Å². The standard InChI is InChI=1S/C13H9.C8H11O.C2H6Si.2ClH.Zr/c1-3-7-12-10(5-1)9-11-6-2-4-8-13(11)12;9-7-3-6-8-4-1-2-5-8;1-3-2;;;/h1-9H;1-2,4-5,9H,3,6-7H2;1-2H3;2*1H;/q2*-1;;;;+2/p-2. The Morgan fingerprint density at radius 1 is 0.857 bits per heavy atom. The summed E-state index contributed by atoms with van der Waals surface area (Å²) in [6.07, 6.45) is 1.88. The molecule has 0 unspecified atom stereocenters. The molecule has 1 nitrogen and oxygen atoms in total. The summed E-state index contributed by atoms with van der Waals surface area (Å²) in [7, 11) is 0. The molecule has 0 atom stereocenters. The Kier molecular flexibility index (Phi) is 14.8. The number of fused-ring (bicyclic) bond motifs is 3. The van der Waals surface area contributed by atoms with E-state index < -0.39 is 0 Å². The van der Waals surface area contributed by atoms with Crippen molar-refractivity contribution in [3.8, 4) is 0 Å². The molecule has 28 heavy (non-hydrogen) atoms. The summed E-state index contributed by atoms with van der Waals surface area (Å²) < 4.78 is 0. The van der Waals surface area contributed by atoms with Crippen LogP contribution >= 0.6 is 0 Å². The van der Waals surface area contributed by atoms with Crippen molar-refractivity contribution in [2.45, 2.75) is 25.9 Å². The third-order valence-corrected chi connectivity index (χ3v) is 3.88. The predicted octanol–water partition coefficient (Wildman–Crippen LogP) is -0.165. The first-order valence-electron chi connectivity index (χ1n) is 8.98. The van der Waals surface area contributed by atoms with Gasteiger partial charge in [0.2, 0.25) is 0 Å². The fourth-order valence-corrected chi connectivity index (χ4v) is 2.77. The molecule has 4 rings (SSSR count). The molecule has 0 saturated carbocycles. The van der Waals surface area contributed by atoms with Gasteiger partial charge in [-0.05, 0) is 12.8 Å². The van der Waals surface area contributed by atoms with Crippen molar-refractivity contribution in [2.75, 3.05) is 6.61 Å². The van der Waals surface area contributed by atoms with Gasteiger partial charge in [0.25, 0.3) is 0 Å². The molecule has 0 saturated heterocycles. The van der Waals surface area contributed by atoms with Crippen molar-refractivity contribution < 1.29 is 53.3 Å². The van der Waals surface area contributed by atoms with Crippen LogP contribution in [-0.4, -0.2) is 17.1 Å². The molecule has 0 aliphatic heterocycles. The number of hydrogen-bond acceptors (Lipinski definition) is 1. The van der Waals surface area contributed by atoms with E-state index in [1.54, 1.807) is 23.3 Å². The topological polar surface area (TPSA) is 20.2 Å². The molecule has 1 N–H and O–H groups in total. The van der Waals surface area contributed by atoms with E-state index in [1.165, 1.54) is 27.1 Å². The molecule has 0 heterocycles. The van der Waals surface area contributed by atoms with Crippen LogP contribution in [0, 0.1) is 0 Å². The van der Waals surface area contributed by atoms with Gasteiger partial charge in [-0.25, -0.2) is 12.1 Å². The van der Waals surface area contributed by atoms with Gasteiger partial charge in [0.1, 0.15) is 0 Å². The van der Waals surface area contributed by atoms with E-state index in [4.69, 9.17) is 5.11 Å². The van der Waals surface area contributed by atoms with E-state index >= 15 is 0 Å². The molecule has 4 aromatic carbocycles. The van der Waals surface area contributed by atoms with Crippen molar-refractivity contribution in [2.24, 2.45) is 0 Å². The van der Waals surface area contributed by atoms with Crippen LogP contribution in [0.3, 0.4) is 0 Å². The average Bonchev–Trinajstić information content (AvgIpc) is 3.27. The molecule has 0 aliphatic carbocycles. The molecule has 0 bridgehead atoms. The summed E-state index contributed by atoms with van der Waals surface area (Å²) in [6.45, 7) is 4.91. The third kappa shape index (κ3) is 9.20. The van der Waals surface area contributed by atoms with Crippen molar-refractivity contribution in [1.29, 1.82) is 0 Å². The predicted molar refractivity (Wildman–Crippen MR) is 112 cm³/mol. The molecule has 0 aromatic heterocycles. The average molecular weight is 509 g/mol. The van der Waals surface area contributed by atoms with Gasteiger partial charge in [-0.1, -0.05) is 36.4 Å². The Morgan fingerprint density at radius 3 is 1.79 bits per heavy atom. The van der Waals surface area contributed by atoms with Crippen LogP contribution in [0.5, 0.6) is 0 Å². The minimum absolute atomic E-state index is 0. The van der Waals surface area contributed by atoms with Gasteiger partial charge >= 0.3 is 41.9 Å². The molecule has 5 heteroatoms. The Balaban J connectivity index is 0.000000432. The number of benzene rings is 2. The van der Waals surface area contributed by atoms with Gasteiger partial charge in [-0.3, -0.25) is 0 Å². The third-order valence-electron chi connectivity index (χ3n) is 3.88. The number of aliphatic hydroxyl groups excluding tert-OH is 1. The Bertz CT molecular complexity index is 878. The SMILES string of the molecule is C[Si](C)=[Zr+2].OCCCc1ccc[cH-]1.[Cl-].[Cl-].c1ccc2c(c1)[cH-]c1ccccc12. The molecule has 0 aliphatic rings. The minimum atomic E-state index is 0. The quantitative estimate of drug-likeness (QED) is 0.301. The van der Waals surface area contributed by atoms with E-state index in [2.05, 4.69) is 79.8 Å². The number of rotatable bonds is 3. The second-order valence-electron chi connectivity index (χ2n) is 6.44. The second-order valence-corrected chi connectivity index (χ2v) is 15.8. The van der Waals surface area contributed by atoms with Gasteiger partial charge in [0.15, 0.2) is 0 Å². The summed E-state index contributed by atoms with van der Waals surface area (Å²) in [5.41, 5.74) is 1.53. The number of aryl methyl sites for hydroxylation is 1. The van der Waals surface area contributed by atoms with Crippen molar-refractivity contribution >= 4 is 27.0 Å². The Labute approximate surface area is 196 Å². The fourth-order valence-electron chi connectivity index (χ4n) is 2.77. The first-order valence-corrected chi connectivity index (χ1v) is 15.2. The molecular weight excluding hydrogens is 482 g/mol. The Hall–Kier alpha value is -0.700. The van der Waals surface area contributed by atoms with Crippen LogP contribution < -0.4 is 24.8 Å². The van der Waals surface area contributed by atoms with Crippen LogP contribution in [0.4, 0.5) is 0 Å². The molecule has 0 fully saturated rings.